The van der Waals surface area contributed by atoms with Crippen molar-refractivity contribution < 1.29 is 0 Å². The summed E-state index contributed by atoms with van der Waals surface area (Å²) in [6.45, 7) is 0. The molecule has 2 aliphatic rings. The maximum absolute atomic E-state index is 2.40. The van der Waals surface area contributed by atoms with Gasteiger partial charge < -0.3 is 0 Å². The minimum absolute atomic E-state index is 0.439. The lowest BCUT2D eigenvalue weighted by Gasteiger charge is -2.15. The Bertz CT molecular complexity index is 573. The highest BCUT2D eigenvalue weighted by Crippen LogP contribution is 2.23. The molecule has 0 heterocycles. The Labute approximate surface area is 148 Å². The fraction of sp³-hybridized carbons (Fsp3) is 0.292. The molecule has 0 aromatic heterocycles. The molecule has 1 unspecified atom stereocenters. The van der Waals surface area contributed by atoms with Crippen LogP contribution >= 0.6 is 0 Å². The van der Waals surface area contributed by atoms with Gasteiger partial charge in [0.05, 0.1) is 0 Å². The van der Waals surface area contributed by atoms with Gasteiger partial charge in [-0.05, 0) is 44.9 Å². The number of allylic oxidation sites excluding steroid dienone is 16. The minimum Gasteiger partial charge on any atom is -0.0885 e. The lowest BCUT2D eigenvalue weighted by Crippen LogP contribution is -2.01. The highest BCUT2D eigenvalue weighted by molar-refractivity contribution is 5.30. The third-order valence-electron chi connectivity index (χ3n) is 4.13. The van der Waals surface area contributed by atoms with Crippen LogP contribution in [0.25, 0.3) is 0 Å². The second-order valence-corrected chi connectivity index (χ2v) is 6.09. The van der Waals surface area contributed by atoms with Gasteiger partial charge in [0, 0.05) is 5.92 Å². The van der Waals surface area contributed by atoms with Gasteiger partial charge in [0.2, 0.25) is 0 Å². The third-order valence-corrected chi connectivity index (χ3v) is 4.13. The number of hydrogen-bond acceptors (Lipinski definition) is 0. The summed E-state index contributed by atoms with van der Waals surface area (Å²) in [6.07, 6.45) is 42.2. The molecule has 2 rings (SSSR count). The van der Waals surface area contributed by atoms with Gasteiger partial charge in [0.15, 0.2) is 0 Å². The molecule has 0 aromatic rings. The molecule has 0 saturated heterocycles. The molecule has 0 aromatic carbocycles. The summed E-state index contributed by atoms with van der Waals surface area (Å²) in [6, 6.07) is 0. The molecule has 0 saturated carbocycles. The Morgan fingerprint density at radius 3 is 2.00 bits per heavy atom. The summed E-state index contributed by atoms with van der Waals surface area (Å²) in [5.41, 5.74) is 1.41. The summed E-state index contributed by atoms with van der Waals surface area (Å²) < 4.78 is 0. The zero-order valence-electron chi connectivity index (χ0n) is 14.6. The molecule has 0 spiro atoms. The van der Waals surface area contributed by atoms with Crippen molar-refractivity contribution in [2.24, 2.45) is 5.92 Å². The number of fused-ring (bicyclic) bond motifs is 1. The Balaban J connectivity index is 2.21. The Morgan fingerprint density at radius 2 is 1.21 bits per heavy atom. The van der Waals surface area contributed by atoms with Crippen LogP contribution in [0.3, 0.4) is 0 Å². The lowest BCUT2D eigenvalue weighted by molar-refractivity contribution is 0.760. The largest absolute Gasteiger partial charge is 0.0885 e. The predicted octanol–water partition coefficient (Wildman–Crippen LogP) is 6.99. The predicted molar refractivity (Wildman–Crippen MR) is 108 cm³/mol. The van der Waals surface area contributed by atoms with Gasteiger partial charge in [-0.15, -0.1) is 0 Å². The minimum atomic E-state index is 0.439. The first-order chi connectivity index (χ1) is 12.0. The van der Waals surface area contributed by atoms with Crippen LogP contribution < -0.4 is 0 Å². The van der Waals surface area contributed by atoms with Crippen molar-refractivity contribution in [3.8, 4) is 0 Å². The summed E-state index contributed by atoms with van der Waals surface area (Å²) in [5.74, 6) is 0.439. The molecule has 125 valence electrons. The Hall–Kier alpha value is -2.08. The van der Waals surface area contributed by atoms with E-state index in [9.17, 15) is 0 Å². The lowest BCUT2D eigenvalue weighted by atomic mass is 9.90. The van der Waals surface area contributed by atoms with Crippen molar-refractivity contribution in [2.75, 3.05) is 0 Å². The molecule has 0 nitrogen and oxygen atoms in total. The van der Waals surface area contributed by atoms with Crippen LogP contribution in [-0.4, -0.2) is 0 Å². The van der Waals surface area contributed by atoms with Crippen molar-refractivity contribution in [3.63, 3.8) is 0 Å². The van der Waals surface area contributed by atoms with E-state index in [1.807, 2.05) is 6.08 Å². The molecule has 0 amide bonds. The van der Waals surface area contributed by atoms with E-state index in [1.54, 1.807) is 0 Å². The van der Waals surface area contributed by atoms with Gasteiger partial charge in [-0.25, -0.2) is 0 Å². The van der Waals surface area contributed by atoms with Gasteiger partial charge >= 0.3 is 0 Å². The second-order valence-electron chi connectivity index (χ2n) is 6.09. The maximum atomic E-state index is 2.40. The summed E-state index contributed by atoms with van der Waals surface area (Å²) >= 11 is 0. The summed E-state index contributed by atoms with van der Waals surface area (Å²) in [7, 11) is 0. The molecule has 1 atom stereocenters. The standard InChI is InChI=1S/C24H29/c1-3-7-11-15-19-23-21-17-13-9-5-2-6-10-14-18-22-24(23)20-16-12-8-4-1/h1,3-5,7-9,11-12,14-16,18-21,24H,2,6,10,13,17,22H2/b4-1-,7-3+,9-5-,12-8+,15-11+,18-14-,20-16+,23-19-. The van der Waals surface area contributed by atoms with E-state index in [0.717, 1.165) is 19.3 Å². The molecule has 0 aliphatic heterocycles. The van der Waals surface area contributed by atoms with E-state index in [1.165, 1.54) is 24.8 Å². The number of rotatable bonds is 0. The van der Waals surface area contributed by atoms with E-state index in [2.05, 4.69) is 91.5 Å². The average molecular weight is 317 g/mol. The Morgan fingerprint density at radius 1 is 0.583 bits per heavy atom. The fourth-order valence-corrected chi connectivity index (χ4v) is 2.78. The second kappa shape index (κ2) is 12.4. The SMILES string of the molecule is [CH]1CC/C=C\CCC/C=C\CC2/C=C/C=C/C=C\C=C\C=C\C=C\12. The normalized spacial score (nSPS) is 34.5. The highest BCUT2D eigenvalue weighted by atomic mass is 14.1. The monoisotopic (exact) mass is 317 g/mol. The van der Waals surface area contributed by atoms with Crippen molar-refractivity contribution in [1.29, 1.82) is 0 Å². The van der Waals surface area contributed by atoms with Gasteiger partial charge in [-0.3, -0.25) is 0 Å². The molecule has 2 aliphatic carbocycles. The van der Waals surface area contributed by atoms with E-state index >= 15 is 0 Å². The van der Waals surface area contributed by atoms with Crippen molar-refractivity contribution in [1.82, 2.24) is 0 Å². The molecule has 1 radical (unpaired) electrons. The fourth-order valence-electron chi connectivity index (χ4n) is 2.78. The van der Waals surface area contributed by atoms with E-state index in [-0.39, 0.29) is 0 Å². The smallest absolute Gasteiger partial charge is 0.00205 e. The van der Waals surface area contributed by atoms with Gasteiger partial charge in [0.25, 0.3) is 0 Å². The summed E-state index contributed by atoms with van der Waals surface area (Å²) in [5, 5.41) is 0. The van der Waals surface area contributed by atoms with Gasteiger partial charge in [-0.1, -0.05) is 96.7 Å². The molecular weight excluding hydrogens is 288 g/mol. The molecule has 0 bridgehead atoms. The van der Waals surface area contributed by atoms with Crippen molar-refractivity contribution in [2.45, 2.75) is 38.5 Å². The van der Waals surface area contributed by atoms with Crippen LogP contribution in [0.1, 0.15) is 38.5 Å². The maximum Gasteiger partial charge on any atom is 0.00205 e. The first-order valence-electron chi connectivity index (χ1n) is 9.15. The van der Waals surface area contributed by atoms with Gasteiger partial charge in [-0.2, -0.15) is 0 Å². The molecular formula is C24H29. The average Bonchev–Trinajstić information content (AvgIpc) is 2.63. The molecule has 24 heavy (non-hydrogen) atoms. The van der Waals surface area contributed by atoms with Crippen LogP contribution in [0.15, 0.2) is 96.7 Å². The first kappa shape index (κ1) is 18.3. The van der Waals surface area contributed by atoms with E-state index in [4.69, 9.17) is 0 Å². The third kappa shape index (κ3) is 7.97. The molecule has 0 N–H and O–H groups in total. The van der Waals surface area contributed by atoms with E-state index < -0.39 is 0 Å². The summed E-state index contributed by atoms with van der Waals surface area (Å²) in [4.78, 5) is 0. The zero-order chi connectivity index (χ0) is 16.7. The van der Waals surface area contributed by atoms with Crippen molar-refractivity contribution >= 4 is 0 Å². The van der Waals surface area contributed by atoms with Crippen LogP contribution in [0.4, 0.5) is 0 Å². The molecule has 0 heteroatoms. The van der Waals surface area contributed by atoms with Crippen LogP contribution in [0.5, 0.6) is 0 Å². The van der Waals surface area contributed by atoms with Gasteiger partial charge in [0.1, 0.15) is 0 Å². The zero-order valence-corrected chi connectivity index (χ0v) is 14.6. The van der Waals surface area contributed by atoms with Crippen LogP contribution in [0, 0.1) is 12.3 Å². The topological polar surface area (TPSA) is 0 Å². The number of hydrogen-bond donors (Lipinski definition) is 0. The highest BCUT2D eigenvalue weighted by Gasteiger charge is 2.09. The first-order valence-corrected chi connectivity index (χ1v) is 9.15. The quantitative estimate of drug-likeness (QED) is 0.422. The van der Waals surface area contributed by atoms with Crippen LogP contribution in [0.2, 0.25) is 0 Å². The van der Waals surface area contributed by atoms with E-state index in [0.29, 0.717) is 5.92 Å². The molecule has 0 fully saturated rings. The van der Waals surface area contributed by atoms with Crippen molar-refractivity contribution in [3.05, 3.63) is 103 Å². The Kier molecular flexibility index (Phi) is 9.40. The van der Waals surface area contributed by atoms with Crippen LogP contribution in [-0.2, 0) is 0 Å².